The predicted octanol–water partition coefficient (Wildman–Crippen LogP) is 2.06. The molecule has 0 saturated heterocycles. The summed E-state index contributed by atoms with van der Waals surface area (Å²) < 4.78 is 14.8. The first-order valence-corrected chi connectivity index (χ1v) is 5.95. The number of nitrogens with zero attached hydrogens (tertiary/aromatic N) is 3. The van der Waals surface area contributed by atoms with Gasteiger partial charge in [0.1, 0.15) is 5.82 Å². The van der Waals surface area contributed by atoms with Gasteiger partial charge in [-0.3, -0.25) is 0 Å². The number of hydrogen-bond donors (Lipinski definition) is 1. The molecule has 3 rings (SSSR count). The standard InChI is InChI=1S/C11H9FN4S/c12-8-3-1-2-7(4-8)10-14-11-16(15-10)9(5-13)6-17-11/h1-4,6H,5,13H2. The van der Waals surface area contributed by atoms with Crippen molar-refractivity contribution in [2.75, 3.05) is 0 Å². The number of hydrogen-bond acceptors (Lipinski definition) is 4. The largest absolute Gasteiger partial charge is 0.325 e. The molecule has 0 fully saturated rings. The summed E-state index contributed by atoms with van der Waals surface area (Å²) in [7, 11) is 0. The molecule has 0 atom stereocenters. The van der Waals surface area contributed by atoms with Gasteiger partial charge in [-0.1, -0.05) is 12.1 Å². The minimum absolute atomic E-state index is 0.292. The molecule has 0 unspecified atom stereocenters. The second-order valence-electron chi connectivity index (χ2n) is 3.57. The minimum Gasteiger partial charge on any atom is -0.325 e. The van der Waals surface area contributed by atoms with Crippen LogP contribution in [0.4, 0.5) is 4.39 Å². The molecule has 0 amide bonds. The first-order chi connectivity index (χ1) is 8.28. The minimum atomic E-state index is -0.292. The van der Waals surface area contributed by atoms with E-state index in [9.17, 15) is 4.39 Å². The molecule has 0 aliphatic carbocycles. The molecule has 4 nitrogen and oxygen atoms in total. The summed E-state index contributed by atoms with van der Waals surface area (Å²) in [5, 5.41) is 6.25. The predicted molar refractivity (Wildman–Crippen MR) is 64.1 cm³/mol. The van der Waals surface area contributed by atoms with Gasteiger partial charge in [-0.2, -0.15) is 4.98 Å². The van der Waals surface area contributed by atoms with Gasteiger partial charge in [0.25, 0.3) is 0 Å². The normalized spacial score (nSPS) is 11.2. The van der Waals surface area contributed by atoms with Crippen LogP contribution in [0.25, 0.3) is 16.3 Å². The van der Waals surface area contributed by atoms with Crippen molar-refractivity contribution in [2.24, 2.45) is 5.73 Å². The summed E-state index contributed by atoms with van der Waals surface area (Å²) in [5.41, 5.74) is 7.16. The molecular formula is C11H9FN4S. The van der Waals surface area contributed by atoms with Crippen LogP contribution in [-0.2, 0) is 6.54 Å². The SMILES string of the molecule is NCc1csc2nc(-c3cccc(F)c3)nn12. The van der Waals surface area contributed by atoms with Crippen LogP contribution in [0.2, 0.25) is 0 Å². The van der Waals surface area contributed by atoms with Crippen LogP contribution in [0.3, 0.4) is 0 Å². The van der Waals surface area contributed by atoms with Crippen molar-refractivity contribution in [1.29, 1.82) is 0 Å². The maximum Gasteiger partial charge on any atom is 0.212 e. The fourth-order valence-corrected chi connectivity index (χ4v) is 2.45. The van der Waals surface area contributed by atoms with Crippen LogP contribution in [0.5, 0.6) is 0 Å². The van der Waals surface area contributed by atoms with E-state index in [0.717, 1.165) is 10.7 Å². The molecule has 0 aliphatic rings. The molecule has 3 aromatic rings. The first kappa shape index (κ1) is 10.4. The average molecular weight is 248 g/mol. The molecule has 0 bridgehead atoms. The highest BCUT2D eigenvalue weighted by atomic mass is 32.1. The third-order valence-electron chi connectivity index (χ3n) is 2.44. The summed E-state index contributed by atoms with van der Waals surface area (Å²) in [6.07, 6.45) is 0. The molecule has 0 radical (unpaired) electrons. The van der Waals surface area contributed by atoms with Crippen molar-refractivity contribution < 1.29 is 4.39 Å². The van der Waals surface area contributed by atoms with Crippen molar-refractivity contribution in [3.05, 3.63) is 41.2 Å². The quantitative estimate of drug-likeness (QED) is 0.755. The Morgan fingerprint density at radius 1 is 1.41 bits per heavy atom. The van der Waals surface area contributed by atoms with Gasteiger partial charge in [0.15, 0.2) is 5.82 Å². The van der Waals surface area contributed by atoms with Crippen molar-refractivity contribution in [2.45, 2.75) is 6.54 Å². The Balaban J connectivity index is 2.15. The van der Waals surface area contributed by atoms with E-state index in [-0.39, 0.29) is 5.82 Å². The van der Waals surface area contributed by atoms with Gasteiger partial charge in [-0.05, 0) is 12.1 Å². The van der Waals surface area contributed by atoms with E-state index in [4.69, 9.17) is 5.73 Å². The molecule has 17 heavy (non-hydrogen) atoms. The molecule has 0 saturated carbocycles. The lowest BCUT2D eigenvalue weighted by molar-refractivity contribution is 0.628. The number of benzene rings is 1. The monoisotopic (exact) mass is 248 g/mol. The molecule has 2 heterocycles. The zero-order chi connectivity index (χ0) is 11.8. The summed E-state index contributed by atoms with van der Waals surface area (Å²) >= 11 is 1.47. The summed E-state index contributed by atoms with van der Waals surface area (Å²) in [6, 6.07) is 6.24. The fraction of sp³-hybridized carbons (Fsp3) is 0.0909. The number of nitrogens with two attached hydrogens (primary N) is 1. The summed E-state index contributed by atoms with van der Waals surface area (Å²) in [6.45, 7) is 0.409. The Kier molecular flexibility index (Phi) is 2.38. The number of thiazole rings is 1. The highest BCUT2D eigenvalue weighted by Gasteiger charge is 2.10. The highest BCUT2D eigenvalue weighted by Crippen LogP contribution is 2.21. The van der Waals surface area contributed by atoms with Gasteiger partial charge in [0.05, 0.1) is 5.69 Å². The van der Waals surface area contributed by atoms with Gasteiger partial charge >= 0.3 is 0 Å². The maximum atomic E-state index is 13.1. The van der Waals surface area contributed by atoms with Gasteiger partial charge in [0.2, 0.25) is 4.96 Å². The van der Waals surface area contributed by atoms with E-state index in [0.29, 0.717) is 17.9 Å². The number of fused-ring (bicyclic) bond motifs is 1. The molecule has 1 aromatic carbocycles. The van der Waals surface area contributed by atoms with Crippen molar-refractivity contribution in [1.82, 2.24) is 14.6 Å². The smallest absolute Gasteiger partial charge is 0.212 e. The van der Waals surface area contributed by atoms with E-state index in [2.05, 4.69) is 10.1 Å². The van der Waals surface area contributed by atoms with Crippen LogP contribution in [-0.4, -0.2) is 14.6 Å². The van der Waals surface area contributed by atoms with E-state index in [1.54, 1.807) is 16.6 Å². The lowest BCUT2D eigenvalue weighted by Gasteiger charge is -1.94. The number of halogens is 1. The van der Waals surface area contributed by atoms with Crippen molar-refractivity contribution in [3.63, 3.8) is 0 Å². The Morgan fingerprint density at radius 2 is 2.29 bits per heavy atom. The Hall–Kier alpha value is -1.79. The molecule has 2 aromatic heterocycles. The van der Waals surface area contributed by atoms with E-state index in [1.807, 2.05) is 5.38 Å². The van der Waals surface area contributed by atoms with Gasteiger partial charge in [-0.25, -0.2) is 8.91 Å². The maximum absolute atomic E-state index is 13.1. The average Bonchev–Trinajstić information content (AvgIpc) is 2.87. The summed E-state index contributed by atoms with van der Waals surface area (Å²) in [5.74, 6) is 0.228. The zero-order valence-corrected chi connectivity index (χ0v) is 9.62. The van der Waals surface area contributed by atoms with E-state index < -0.39 is 0 Å². The van der Waals surface area contributed by atoms with Crippen LogP contribution in [0.1, 0.15) is 5.69 Å². The van der Waals surface area contributed by atoms with Crippen LogP contribution in [0, 0.1) is 5.82 Å². The lowest BCUT2D eigenvalue weighted by atomic mass is 10.2. The molecule has 2 N–H and O–H groups in total. The van der Waals surface area contributed by atoms with Crippen molar-refractivity contribution in [3.8, 4) is 11.4 Å². The molecule has 6 heteroatoms. The number of aromatic nitrogens is 3. The second-order valence-corrected chi connectivity index (χ2v) is 4.41. The zero-order valence-electron chi connectivity index (χ0n) is 8.80. The van der Waals surface area contributed by atoms with Crippen LogP contribution in [0.15, 0.2) is 29.6 Å². The van der Waals surface area contributed by atoms with Crippen molar-refractivity contribution >= 4 is 16.3 Å². The molecule has 86 valence electrons. The second kappa shape index (κ2) is 3.90. The molecule has 0 spiro atoms. The third-order valence-corrected chi connectivity index (χ3v) is 3.31. The van der Waals surface area contributed by atoms with Gasteiger partial charge < -0.3 is 5.73 Å². The Morgan fingerprint density at radius 3 is 3.06 bits per heavy atom. The fourth-order valence-electron chi connectivity index (χ4n) is 1.62. The first-order valence-electron chi connectivity index (χ1n) is 5.07. The van der Waals surface area contributed by atoms with E-state index >= 15 is 0 Å². The lowest BCUT2D eigenvalue weighted by Crippen LogP contribution is -2.01. The number of rotatable bonds is 2. The Bertz CT molecular complexity index is 673. The highest BCUT2D eigenvalue weighted by molar-refractivity contribution is 7.15. The van der Waals surface area contributed by atoms with Crippen LogP contribution < -0.4 is 5.73 Å². The van der Waals surface area contributed by atoms with Gasteiger partial charge in [-0.15, -0.1) is 16.4 Å². The van der Waals surface area contributed by atoms with E-state index in [1.165, 1.54) is 23.5 Å². The summed E-state index contributed by atoms with van der Waals surface area (Å²) in [4.78, 5) is 5.11. The molecular weight excluding hydrogens is 239 g/mol. The van der Waals surface area contributed by atoms with Crippen LogP contribution >= 0.6 is 11.3 Å². The molecule has 0 aliphatic heterocycles. The Labute approximate surface area is 101 Å². The topological polar surface area (TPSA) is 56.2 Å². The van der Waals surface area contributed by atoms with Gasteiger partial charge in [0, 0.05) is 17.5 Å². The third kappa shape index (κ3) is 1.71.